The number of rotatable bonds is 5. The second-order valence-electron chi connectivity index (χ2n) is 9.25. The maximum Gasteiger partial charge on any atom is 0.317 e. The van der Waals surface area contributed by atoms with E-state index in [1.807, 2.05) is 85.7 Å². The number of ether oxygens (including phenoxy) is 3. The first-order valence-corrected chi connectivity index (χ1v) is 12.2. The number of aliphatic hydroxyl groups is 2. The van der Waals surface area contributed by atoms with Gasteiger partial charge in [0.15, 0.2) is 11.5 Å². The minimum absolute atomic E-state index is 0.0287. The standard InChI is InChI=1S/C20H19NO5.C10H11NO/c1-21-9-15(14-5-3-12(10-22)7-16(14)21)19(20(23)24-2)13-4-6-17-18(8-13)26-11-25-17;1-11-5-4-9-3-2-8(7-12)6-10(9)11/h3-9,19,22H,10-11H2,1-2H3;2-6,12H,7H2,1H3. The van der Waals surface area contributed by atoms with Crippen molar-refractivity contribution in [2.24, 2.45) is 14.1 Å². The average Bonchev–Trinajstić information content (AvgIpc) is 3.66. The van der Waals surface area contributed by atoms with E-state index in [1.165, 1.54) is 18.0 Å². The molecule has 1 aliphatic rings. The summed E-state index contributed by atoms with van der Waals surface area (Å²) in [5, 5.41) is 20.5. The molecule has 2 aromatic heterocycles. The molecule has 0 saturated heterocycles. The van der Waals surface area contributed by atoms with Gasteiger partial charge in [-0.05, 0) is 58.0 Å². The van der Waals surface area contributed by atoms with Crippen molar-refractivity contribution in [3.8, 4) is 11.5 Å². The van der Waals surface area contributed by atoms with Crippen molar-refractivity contribution >= 4 is 27.8 Å². The van der Waals surface area contributed by atoms with Crippen molar-refractivity contribution in [3.63, 3.8) is 0 Å². The van der Waals surface area contributed by atoms with Crippen LogP contribution in [0, 0.1) is 0 Å². The van der Waals surface area contributed by atoms with Crippen LogP contribution in [0.15, 0.2) is 73.1 Å². The highest BCUT2D eigenvalue weighted by Crippen LogP contribution is 2.39. The van der Waals surface area contributed by atoms with Gasteiger partial charge in [0.1, 0.15) is 5.92 Å². The van der Waals surface area contributed by atoms with Gasteiger partial charge in [0.05, 0.1) is 20.3 Å². The number of hydrogen-bond donors (Lipinski definition) is 2. The lowest BCUT2D eigenvalue weighted by Crippen LogP contribution is -2.15. The first kappa shape index (κ1) is 25.4. The molecule has 3 aromatic carbocycles. The lowest BCUT2D eigenvalue weighted by Gasteiger charge is -2.15. The molecule has 0 fully saturated rings. The van der Waals surface area contributed by atoms with Gasteiger partial charge in [0, 0.05) is 42.9 Å². The summed E-state index contributed by atoms with van der Waals surface area (Å²) in [5.41, 5.74) is 5.52. The summed E-state index contributed by atoms with van der Waals surface area (Å²) < 4.78 is 19.9. The van der Waals surface area contributed by atoms with Crippen molar-refractivity contribution in [3.05, 3.63) is 95.3 Å². The SMILES string of the molecule is COC(=O)C(c1ccc2c(c1)OCO2)c1cn(C)c2cc(CO)ccc12.Cn1ccc2ccc(CO)cc21. The van der Waals surface area contributed by atoms with Gasteiger partial charge in [-0.3, -0.25) is 4.79 Å². The van der Waals surface area contributed by atoms with Crippen LogP contribution in [0.2, 0.25) is 0 Å². The minimum Gasteiger partial charge on any atom is -0.468 e. The fourth-order valence-electron chi connectivity index (χ4n) is 4.85. The molecule has 1 unspecified atom stereocenters. The molecule has 5 aromatic rings. The number of methoxy groups -OCH3 is 1. The van der Waals surface area contributed by atoms with Crippen molar-refractivity contribution < 1.29 is 29.2 Å². The maximum atomic E-state index is 12.6. The summed E-state index contributed by atoms with van der Waals surface area (Å²) in [5.74, 6) is 0.364. The molecule has 8 nitrogen and oxygen atoms in total. The summed E-state index contributed by atoms with van der Waals surface area (Å²) in [6, 6.07) is 19.3. The molecule has 0 radical (unpaired) electrons. The number of hydrogen-bond acceptors (Lipinski definition) is 6. The van der Waals surface area contributed by atoms with Crippen molar-refractivity contribution in [2.45, 2.75) is 19.1 Å². The molecular formula is C30H30N2O6. The molecule has 0 bridgehead atoms. The number of benzene rings is 3. The lowest BCUT2D eigenvalue weighted by molar-refractivity contribution is -0.141. The molecule has 0 aliphatic carbocycles. The fourth-order valence-corrected chi connectivity index (χ4v) is 4.85. The highest BCUT2D eigenvalue weighted by molar-refractivity contribution is 5.93. The van der Waals surface area contributed by atoms with Gasteiger partial charge in [0.2, 0.25) is 6.79 Å². The second-order valence-corrected chi connectivity index (χ2v) is 9.25. The molecule has 8 heteroatoms. The molecule has 0 saturated carbocycles. The van der Waals surface area contributed by atoms with E-state index < -0.39 is 5.92 Å². The molecule has 1 aliphatic heterocycles. The third-order valence-electron chi connectivity index (χ3n) is 6.88. The van der Waals surface area contributed by atoms with E-state index in [0.29, 0.717) is 11.5 Å². The highest BCUT2D eigenvalue weighted by Gasteiger charge is 2.29. The molecule has 6 rings (SSSR count). The Balaban J connectivity index is 0.000000204. The molecule has 0 spiro atoms. The number of esters is 1. The monoisotopic (exact) mass is 514 g/mol. The van der Waals surface area contributed by atoms with Gasteiger partial charge in [-0.25, -0.2) is 0 Å². The van der Waals surface area contributed by atoms with Crippen LogP contribution < -0.4 is 9.47 Å². The first-order valence-electron chi connectivity index (χ1n) is 12.2. The molecule has 38 heavy (non-hydrogen) atoms. The van der Waals surface area contributed by atoms with E-state index in [1.54, 1.807) is 0 Å². The molecule has 2 N–H and O–H groups in total. The van der Waals surface area contributed by atoms with Gasteiger partial charge in [0.25, 0.3) is 0 Å². The summed E-state index contributed by atoms with van der Waals surface area (Å²) in [6.45, 7) is 0.264. The third kappa shape index (κ3) is 4.71. The van der Waals surface area contributed by atoms with Crippen LogP contribution >= 0.6 is 0 Å². The number of fused-ring (bicyclic) bond motifs is 3. The van der Waals surface area contributed by atoms with Crippen LogP contribution in [-0.2, 0) is 36.8 Å². The smallest absolute Gasteiger partial charge is 0.317 e. The zero-order valence-electron chi connectivity index (χ0n) is 21.5. The maximum absolute atomic E-state index is 12.6. The Kier molecular flexibility index (Phi) is 7.09. The van der Waals surface area contributed by atoms with Crippen molar-refractivity contribution in [2.75, 3.05) is 13.9 Å². The fraction of sp³-hybridized carbons (Fsp3) is 0.233. The highest BCUT2D eigenvalue weighted by atomic mass is 16.7. The van der Waals surface area contributed by atoms with Gasteiger partial charge < -0.3 is 33.6 Å². The Hall–Kier alpha value is -4.27. The Morgan fingerprint density at radius 2 is 1.61 bits per heavy atom. The summed E-state index contributed by atoms with van der Waals surface area (Å²) in [4.78, 5) is 12.6. The van der Waals surface area contributed by atoms with E-state index in [-0.39, 0.29) is 26.0 Å². The van der Waals surface area contributed by atoms with Gasteiger partial charge in [-0.2, -0.15) is 0 Å². The topological polar surface area (TPSA) is 95.1 Å². The number of aromatic nitrogens is 2. The lowest BCUT2D eigenvalue weighted by atomic mass is 9.90. The van der Waals surface area contributed by atoms with Crippen LogP contribution in [0.1, 0.15) is 28.2 Å². The van der Waals surface area contributed by atoms with E-state index in [0.717, 1.165) is 33.2 Å². The van der Waals surface area contributed by atoms with E-state index in [2.05, 4.69) is 10.6 Å². The van der Waals surface area contributed by atoms with Gasteiger partial charge in [-0.15, -0.1) is 0 Å². The van der Waals surface area contributed by atoms with Crippen LogP contribution in [0.5, 0.6) is 11.5 Å². The van der Waals surface area contributed by atoms with Crippen LogP contribution in [0.25, 0.3) is 21.8 Å². The third-order valence-corrected chi connectivity index (χ3v) is 6.88. The molecule has 1 atom stereocenters. The number of aliphatic hydroxyl groups excluding tert-OH is 2. The Bertz CT molecular complexity index is 1620. The van der Waals surface area contributed by atoms with Crippen molar-refractivity contribution in [1.29, 1.82) is 0 Å². The summed E-state index contributed by atoms with van der Waals surface area (Å²) in [7, 11) is 5.31. The largest absolute Gasteiger partial charge is 0.468 e. The molecule has 196 valence electrons. The second kappa shape index (κ2) is 10.6. The van der Waals surface area contributed by atoms with E-state index >= 15 is 0 Å². The molecule has 0 amide bonds. The normalized spacial score (nSPS) is 12.9. The predicted molar refractivity (Wildman–Crippen MR) is 144 cm³/mol. The number of carbonyl (C=O) groups is 1. The predicted octanol–water partition coefficient (Wildman–Crippen LogP) is 4.37. The Morgan fingerprint density at radius 3 is 2.34 bits per heavy atom. The van der Waals surface area contributed by atoms with Crippen molar-refractivity contribution in [1.82, 2.24) is 9.13 Å². The van der Waals surface area contributed by atoms with Crippen LogP contribution in [0.3, 0.4) is 0 Å². The van der Waals surface area contributed by atoms with Gasteiger partial charge >= 0.3 is 5.97 Å². The number of aryl methyl sites for hydroxylation is 2. The minimum atomic E-state index is -0.585. The van der Waals surface area contributed by atoms with Gasteiger partial charge in [-0.1, -0.05) is 30.3 Å². The Labute approximate surface area is 220 Å². The van der Waals surface area contributed by atoms with Crippen LogP contribution in [0.4, 0.5) is 0 Å². The number of nitrogens with zero attached hydrogens (tertiary/aromatic N) is 2. The first-order chi connectivity index (χ1) is 18.4. The molecule has 3 heterocycles. The quantitative estimate of drug-likeness (QED) is 0.338. The zero-order chi connectivity index (χ0) is 26.8. The number of carbonyl (C=O) groups excluding carboxylic acids is 1. The Morgan fingerprint density at radius 1 is 0.895 bits per heavy atom. The molecular weight excluding hydrogens is 484 g/mol. The summed E-state index contributed by atoms with van der Waals surface area (Å²) >= 11 is 0. The van der Waals surface area contributed by atoms with E-state index in [4.69, 9.17) is 19.3 Å². The summed E-state index contributed by atoms with van der Waals surface area (Å²) in [6.07, 6.45) is 3.95. The van der Waals surface area contributed by atoms with E-state index in [9.17, 15) is 9.90 Å². The zero-order valence-corrected chi connectivity index (χ0v) is 21.5. The average molecular weight is 515 g/mol. The van der Waals surface area contributed by atoms with Crippen LogP contribution in [-0.4, -0.2) is 39.2 Å².